The lowest BCUT2D eigenvalue weighted by Gasteiger charge is -2.30. The molecule has 3 rings (SSSR count). The number of fused-ring (bicyclic) bond motifs is 1. The molecule has 110 valence electrons. The molecule has 1 atom stereocenters. The molecule has 0 saturated heterocycles. The number of rotatable bonds is 4. The summed E-state index contributed by atoms with van der Waals surface area (Å²) in [6.45, 7) is 1.38. The minimum atomic E-state index is -2.43. The molecular formula is C17H18F2N2. The van der Waals surface area contributed by atoms with E-state index in [1.54, 1.807) is 12.1 Å². The van der Waals surface area contributed by atoms with E-state index in [0.717, 1.165) is 18.5 Å². The molecule has 0 spiro atoms. The lowest BCUT2D eigenvalue weighted by molar-refractivity contribution is 0.151. The first-order chi connectivity index (χ1) is 10.2. The van der Waals surface area contributed by atoms with E-state index in [9.17, 15) is 8.78 Å². The first-order valence-electron chi connectivity index (χ1n) is 7.13. The summed E-state index contributed by atoms with van der Waals surface area (Å²) in [6.07, 6.45) is -1.43. The maximum atomic E-state index is 12.6. The summed E-state index contributed by atoms with van der Waals surface area (Å²) in [4.78, 5) is 2.27. The molecule has 0 aliphatic carbocycles. The highest BCUT2D eigenvalue weighted by Gasteiger charge is 2.26. The van der Waals surface area contributed by atoms with Crippen LogP contribution >= 0.6 is 0 Å². The number of hydrogen-bond acceptors (Lipinski definition) is 2. The second-order valence-electron chi connectivity index (χ2n) is 5.29. The van der Waals surface area contributed by atoms with Gasteiger partial charge in [0.15, 0.2) is 0 Å². The molecule has 0 radical (unpaired) electrons. The van der Waals surface area contributed by atoms with Gasteiger partial charge in [-0.3, -0.25) is 0 Å². The number of hydrogen-bond donors (Lipinski definition) is 1. The van der Waals surface area contributed by atoms with Gasteiger partial charge in [0.1, 0.15) is 0 Å². The number of nitrogens with two attached hydrogens (primary N) is 1. The van der Waals surface area contributed by atoms with E-state index in [-0.39, 0.29) is 11.6 Å². The smallest absolute Gasteiger partial charge is 0.263 e. The van der Waals surface area contributed by atoms with Crippen molar-refractivity contribution in [2.45, 2.75) is 18.9 Å². The predicted octanol–water partition coefficient (Wildman–Crippen LogP) is 3.69. The fourth-order valence-electron chi connectivity index (χ4n) is 2.99. The van der Waals surface area contributed by atoms with Gasteiger partial charge in [-0.2, -0.15) is 0 Å². The molecule has 1 aliphatic rings. The van der Waals surface area contributed by atoms with E-state index < -0.39 is 6.43 Å². The highest BCUT2D eigenvalue weighted by Crippen LogP contribution is 2.35. The van der Waals surface area contributed by atoms with Gasteiger partial charge in [-0.25, -0.2) is 8.78 Å². The summed E-state index contributed by atoms with van der Waals surface area (Å²) in [7, 11) is 0. The average Bonchev–Trinajstić information content (AvgIpc) is 2.93. The minimum absolute atomic E-state index is 0.0281. The van der Waals surface area contributed by atoms with Gasteiger partial charge in [0.05, 0.1) is 6.04 Å². The molecule has 1 unspecified atom stereocenters. The summed E-state index contributed by atoms with van der Waals surface area (Å²) >= 11 is 0. The molecule has 0 fully saturated rings. The van der Waals surface area contributed by atoms with Crippen LogP contribution in [0.3, 0.4) is 0 Å². The van der Waals surface area contributed by atoms with Crippen molar-refractivity contribution in [3.63, 3.8) is 0 Å². The predicted molar refractivity (Wildman–Crippen MR) is 80.7 cm³/mol. The number of alkyl halides is 2. The van der Waals surface area contributed by atoms with Crippen molar-refractivity contribution in [1.29, 1.82) is 0 Å². The van der Waals surface area contributed by atoms with Crippen LogP contribution in [0.15, 0.2) is 48.5 Å². The highest BCUT2D eigenvalue weighted by atomic mass is 19.3. The molecular weight excluding hydrogens is 270 g/mol. The van der Waals surface area contributed by atoms with Gasteiger partial charge in [-0.15, -0.1) is 0 Å². The van der Waals surface area contributed by atoms with Crippen LogP contribution in [-0.4, -0.2) is 13.1 Å². The van der Waals surface area contributed by atoms with Gasteiger partial charge in [-0.1, -0.05) is 42.5 Å². The van der Waals surface area contributed by atoms with Crippen molar-refractivity contribution in [3.05, 3.63) is 65.2 Å². The third-order valence-corrected chi connectivity index (χ3v) is 4.10. The Hall–Kier alpha value is -1.94. The Kier molecular flexibility index (Phi) is 3.88. The van der Waals surface area contributed by atoms with Crippen molar-refractivity contribution >= 4 is 5.69 Å². The Bertz CT molecular complexity index is 610. The molecule has 1 heterocycles. The largest absolute Gasteiger partial charge is 0.363 e. The fraction of sp³-hybridized carbons (Fsp3) is 0.294. The fourth-order valence-corrected chi connectivity index (χ4v) is 2.99. The van der Waals surface area contributed by atoms with Crippen molar-refractivity contribution in [2.24, 2.45) is 5.73 Å². The molecule has 0 bridgehead atoms. The Morgan fingerprint density at radius 3 is 2.33 bits per heavy atom. The van der Waals surface area contributed by atoms with Crippen LogP contribution in [0.4, 0.5) is 14.5 Å². The van der Waals surface area contributed by atoms with Crippen LogP contribution in [0.5, 0.6) is 0 Å². The van der Waals surface area contributed by atoms with Crippen molar-refractivity contribution in [2.75, 3.05) is 18.0 Å². The molecule has 2 aromatic rings. The SMILES string of the molecule is NCC(c1ccc(C(F)F)cc1)N1CCc2ccccc21. The van der Waals surface area contributed by atoms with Crippen LogP contribution < -0.4 is 10.6 Å². The van der Waals surface area contributed by atoms with Gasteiger partial charge in [0, 0.05) is 24.3 Å². The zero-order chi connectivity index (χ0) is 14.8. The van der Waals surface area contributed by atoms with E-state index in [4.69, 9.17) is 5.73 Å². The quantitative estimate of drug-likeness (QED) is 0.929. The Labute approximate surface area is 123 Å². The maximum absolute atomic E-state index is 12.6. The minimum Gasteiger partial charge on any atom is -0.363 e. The van der Waals surface area contributed by atoms with Crippen LogP contribution in [-0.2, 0) is 6.42 Å². The first kappa shape index (κ1) is 14.0. The molecule has 2 aromatic carbocycles. The normalized spacial score (nSPS) is 15.3. The van der Waals surface area contributed by atoms with E-state index in [1.807, 2.05) is 12.1 Å². The van der Waals surface area contributed by atoms with Gasteiger partial charge in [-0.05, 0) is 23.6 Å². The van der Waals surface area contributed by atoms with Crippen molar-refractivity contribution < 1.29 is 8.78 Å². The molecule has 4 heteroatoms. The molecule has 0 saturated carbocycles. The van der Waals surface area contributed by atoms with Gasteiger partial charge in [0.25, 0.3) is 6.43 Å². The average molecular weight is 288 g/mol. The Morgan fingerprint density at radius 2 is 1.67 bits per heavy atom. The van der Waals surface area contributed by atoms with E-state index >= 15 is 0 Å². The van der Waals surface area contributed by atoms with Crippen LogP contribution in [0.2, 0.25) is 0 Å². The zero-order valence-electron chi connectivity index (χ0n) is 11.7. The second kappa shape index (κ2) is 5.82. The maximum Gasteiger partial charge on any atom is 0.263 e. The van der Waals surface area contributed by atoms with E-state index in [0.29, 0.717) is 6.54 Å². The molecule has 21 heavy (non-hydrogen) atoms. The number of halogens is 2. The summed E-state index contributed by atoms with van der Waals surface area (Å²) in [5.74, 6) is 0. The standard InChI is InChI=1S/C17H18F2N2/c18-17(19)14-7-5-13(6-8-14)16(11-20)21-10-9-12-3-1-2-4-15(12)21/h1-8,16-17H,9-11,20H2. The number of nitrogens with zero attached hydrogens (tertiary/aromatic N) is 1. The zero-order valence-corrected chi connectivity index (χ0v) is 11.7. The molecule has 1 aliphatic heterocycles. The highest BCUT2D eigenvalue weighted by molar-refractivity contribution is 5.59. The molecule has 2 N–H and O–H groups in total. The monoisotopic (exact) mass is 288 g/mol. The van der Waals surface area contributed by atoms with E-state index in [1.165, 1.54) is 23.4 Å². The summed E-state index contributed by atoms with van der Waals surface area (Å²) in [6, 6.07) is 14.8. The third-order valence-electron chi connectivity index (χ3n) is 4.10. The molecule has 0 aromatic heterocycles. The molecule has 0 amide bonds. The third kappa shape index (κ3) is 2.63. The number of anilines is 1. The number of benzene rings is 2. The summed E-state index contributed by atoms with van der Waals surface area (Å²) in [5.41, 5.74) is 9.51. The second-order valence-corrected chi connectivity index (χ2v) is 5.29. The lowest BCUT2D eigenvalue weighted by Crippen LogP contribution is -2.32. The lowest BCUT2D eigenvalue weighted by atomic mass is 10.0. The van der Waals surface area contributed by atoms with Gasteiger partial charge < -0.3 is 10.6 Å². The first-order valence-corrected chi connectivity index (χ1v) is 7.13. The molecule has 2 nitrogen and oxygen atoms in total. The van der Waals surface area contributed by atoms with Crippen LogP contribution in [0, 0.1) is 0 Å². The van der Waals surface area contributed by atoms with Crippen LogP contribution in [0.1, 0.15) is 29.2 Å². The van der Waals surface area contributed by atoms with Crippen LogP contribution in [0.25, 0.3) is 0 Å². The Balaban J connectivity index is 1.89. The van der Waals surface area contributed by atoms with Crippen molar-refractivity contribution in [3.8, 4) is 0 Å². The van der Waals surface area contributed by atoms with Gasteiger partial charge >= 0.3 is 0 Å². The number of para-hydroxylation sites is 1. The summed E-state index contributed by atoms with van der Waals surface area (Å²) in [5, 5.41) is 0. The topological polar surface area (TPSA) is 29.3 Å². The van der Waals surface area contributed by atoms with Crippen molar-refractivity contribution in [1.82, 2.24) is 0 Å². The summed E-state index contributed by atoms with van der Waals surface area (Å²) < 4.78 is 25.3. The van der Waals surface area contributed by atoms with E-state index in [2.05, 4.69) is 17.0 Å². The Morgan fingerprint density at radius 1 is 1.00 bits per heavy atom. The van der Waals surface area contributed by atoms with Gasteiger partial charge in [0.2, 0.25) is 0 Å².